The van der Waals surface area contributed by atoms with Crippen LogP contribution in [0.4, 0.5) is 4.39 Å². The first-order valence-electron chi connectivity index (χ1n) is 5.80. The summed E-state index contributed by atoms with van der Waals surface area (Å²) in [6, 6.07) is 6.22. The number of furan rings is 1. The van der Waals surface area contributed by atoms with Crippen molar-refractivity contribution in [3.8, 4) is 0 Å². The number of halogens is 2. The molecule has 0 bridgehead atoms. The SMILES string of the molecule is CCc1occc1C(O)Cc1ccc(F)c(Cl)c1. The molecule has 96 valence electrons. The van der Waals surface area contributed by atoms with E-state index < -0.39 is 11.9 Å². The Balaban J connectivity index is 2.16. The third-order valence-electron chi connectivity index (χ3n) is 2.87. The van der Waals surface area contributed by atoms with Gasteiger partial charge in [0.15, 0.2) is 0 Å². The van der Waals surface area contributed by atoms with Crippen molar-refractivity contribution in [1.82, 2.24) is 0 Å². The largest absolute Gasteiger partial charge is 0.469 e. The number of rotatable bonds is 4. The van der Waals surface area contributed by atoms with Crippen molar-refractivity contribution < 1.29 is 13.9 Å². The van der Waals surface area contributed by atoms with Crippen LogP contribution >= 0.6 is 11.6 Å². The van der Waals surface area contributed by atoms with Crippen molar-refractivity contribution in [2.75, 3.05) is 0 Å². The number of aryl methyl sites for hydroxylation is 1. The van der Waals surface area contributed by atoms with Crippen LogP contribution in [0, 0.1) is 5.82 Å². The maximum Gasteiger partial charge on any atom is 0.141 e. The van der Waals surface area contributed by atoms with Crippen molar-refractivity contribution in [3.63, 3.8) is 0 Å². The van der Waals surface area contributed by atoms with Gasteiger partial charge in [0.2, 0.25) is 0 Å². The highest BCUT2D eigenvalue weighted by Gasteiger charge is 2.15. The average molecular weight is 269 g/mol. The van der Waals surface area contributed by atoms with E-state index in [4.69, 9.17) is 16.0 Å². The van der Waals surface area contributed by atoms with Gasteiger partial charge < -0.3 is 9.52 Å². The lowest BCUT2D eigenvalue weighted by Crippen LogP contribution is -2.03. The van der Waals surface area contributed by atoms with Crippen molar-refractivity contribution in [2.45, 2.75) is 25.9 Å². The predicted octanol–water partition coefficient (Wildman–Crippen LogP) is 3.91. The van der Waals surface area contributed by atoms with Crippen LogP contribution in [0.5, 0.6) is 0 Å². The fraction of sp³-hybridized carbons (Fsp3) is 0.286. The fourth-order valence-electron chi connectivity index (χ4n) is 1.93. The van der Waals surface area contributed by atoms with Gasteiger partial charge in [-0.2, -0.15) is 0 Å². The molecule has 1 aromatic carbocycles. The quantitative estimate of drug-likeness (QED) is 0.912. The van der Waals surface area contributed by atoms with Gasteiger partial charge in [0.1, 0.15) is 11.6 Å². The van der Waals surface area contributed by atoms with Gasteiger partial charge in [-0.05, 0) is 23.8 Å². The molecule has 0 radical (unpaired) electrons. The van der Waals surface area contributed by atoms with Crippen LogP contribution in [0.2, 0.25) is 5.02 Å². The first-order chi connectivity index (χ1) is 8.61. The van der Waals surface area contributed by atoms with Crippen molar-refractivity contribution >= 4 is 11.6 Å². The van der Waals surface area contributed by atoms with Crippen LogP contribution in [0.1, 0.15) is 29.9 Å². The monoisotopic (exact) mass is 268 g/mol. The van der Waals surface area contributed by atoms with Crippen molar-refractivity contribution in [1.29, 1.82) is 0 Å². The molecular formula is C14H14ClFO2. The molecule has 18 heavy (non-hydrogen) atoms. The molecule has 2 aromatic rings. The average Bonchev–Trinajstić information content (AvgIpc) is 2.82. The zero-order chi connectivity index (χ0) is 13.1. The fourth-order valence-corrected chi connectivity index (χ4v) is 2.14. The number of aliphatic hydroxyl groups is 1. The lowest BCUT2D eigenvalue weighted by Gasteiger charge is -2.11. The summed E-state index contributed by atoms with van der Waals surface area (Å²) in [4.78, 5) is 0. The highest BCUT2D eigenvalue weighted by atomic mass is 35.5. The van der Waals surface area contributed by atoms with E-state index in [2.05, 4.69) is 0 Å². The Bertz CT molecular complexity index is 536. The highest BCUT2D eigenvalue weighted by Crippen LogP contribution is 2.25. The van der Waals surface area contributed by atoms with E-state index in [1.807, 2.05) is 6.92 Å². The van der Waals surface area contributed by atoms with E-state index in [1.165, 1.54) is 12.1 Å². The van der Waals surface area contributed by atoms with E-state index in [1.54, 1.807) is 18.4 Å². The summed E-state index contributed by atoms with van der Waals surface area (Å²) >= 11 is 5.71. The third kappa shape index (κ3) is 2.74. The summed E-state index contributed by atoms with van der Waals surface area (Å²) in [5.41, 5.74) is 1.56. The molecule has 0 saturated carbocycles. The van der Waals surface area contributed by atoms with Gasteiger partial charge in [0.05, 0.1) is 17.4 Å². The van der Waals surface area contributed by atoms with Gasteiger partial charge in [-0.3, -0.25) is 0 Å². The minimum Gasteiger partial charge on any atom is -0.469 e. The van der Waals surface area contributed by atoms with Gasteiger partial charge in [-0.1, -0.05) is 24.6 Å². The van der Waals surface area contributed by atoms with Crippen LogP contribution in [0.15, 0.2) is 34.9 Å². The first kappa shape index (κ1) is 13.1. The molecule has 0 fully saturated rings. The lowest BCUT2D eigenvalue weighted by molar-refractivity contribution is 0.176. The van der Waals surface area contributed by atoms with Crippen LogP contribution < -0.4 is 0 Å². The molecule has 1 unspecified atom stereocenters. The van der Waals surface area contributed by atoms with E-state index in [9.17, 15) is 9.50 Å². The molecular weight excluding hydrogens is 255 g/mol. The van der Waals surface area contributed by atoms with E-state index >= 15 is 0 Å². The molecule has 1 aromatic heterocycles. The maximum atomic E-state index is 13.0. The molecule has 0 saturated heterocycles. The van der Waals surface area contributed by atoms with Crippen LogP contribution in [-0.4, -0.2) is 5.11 Å². The van der Waals surface area contributed by atoms with Gasteiger partial charge >= 0.3 is 0 Å². The summed E-state index contributed by atoms with van der Waals surface area (Å²) in [5, 5.41) is 10.2. The Hall–Kier alpha value is -1.32. The van der Waals surface area contributed by atoms with Gasteiger partial charge in [0.25, 0.3) is 0 Å². The smallest absolute Gasteiger partial charge is 0.141 e. The van der Waals surface area contributed by atoms with E-state index in [0.717, 1.165) is 23.3 Å². The van der Waals surface area contributed by atoms with Gasteiger partial charge in [0, 0.05) is 18.4 Å². The summed E-state index contributed by atoms with van der Waals surface area (Å²) in [6.07, 6.45) is 2.01. The zero-order valence-corrected chi connectivity index (χ0v) is 10.7. The van der Waals surface area contributed by atoms with Crippen LogP contribution in [0.3, 0.4) is 0 Å². The second-order valence-electron chi connectivity index (χ2n) is 4.12. The summed E-state index contributed by atoms with van der Waals surface area (Å²) in [5.74, 6) is 0.322. The topological polar surface area (TPSA) is 33.4 Å². The van der Waals surface area contributed by atoms with Crippen molar-refractivity contribution in [2.24, 2.45) is 0 Å². The molecule has 0 aliphatic rings. The molecule has 4 heteroatoms. The zero-order valence-electron chi connectivity index (χ0n) is 9.99. The summed E-state index contributed by atoms with van der Waals surface area (Å²) < 4.78 is 18.3. The molecule has 0 aliphatic carbocycles. The molecule has 2 nitrogen and oxygen atoms in total. The minimum absolute atomic E-state index is 0.0719. The molecule has 1 heterocycles. The Morgan fingerprint density at radius 2 is 2.17 bits per heavy atom. The van der Waals surface area contributed by atoms with Crippen molar-refractivity contribution in [3.05, 3.63) is 58.3 Å². The number of hydrogen-bond acceptors (Lipinski definition) is 2. The standard InChI is InChI=1S/C14H14ClFO2/c1-2-14-10(5-6-18-14)13(17)8-9-3-4-12(16)11(15)7-9/h3-7,13,17H,2,8H2,1H3. The Labute approximate surface area is 110 Å². The third-order valence-corrected chi connectivity index (χ3v) is 3.16. The first-order valence-corrected chi connectivity index (χ1v) is 6.18. The van der Waals surface area contributed by atoms with Gasteiger partial charge in [-0.15, -0.1) is 0 Å². The lowest BCUT2D eigenvalue weighted by atomic mass is 10.0. The number of hydrogen-bond donors (Lipinski definition) is 1. The van der Waals surface area contributed by atoms with E-state index in [0.29, 0.717) is 6.42 Å². The molecule has 0 aliphatic heterocycles. The maximum absolute atomic E-state index is 13.0. The molecule has 1 N–H and O–H groups in total. The molecule has 0 spiro atoms. The summed E-state index contributed by atoms with van der Waals surface area (Å²) in [7, 11) is 0. The summed E-state index contributed by atoms with van der Waals surface area (Å²) in [6.45, 7) is 1.96. The number of aliphatic hydroxyl groups excluding tert-OH is 1. The number of benzene rings is 1. The Morgan fingerprint density at radius 3 is 2.83 bits per heavy atom. The van der Waals surface area contributed by atoms with Crippen LogP contribution in [-0.2, 0) is 12.8 Å². The Kier molecular flexibility index (Phi) is 4.04. The van der Waals surface area contributed by atoms with Gasteiger partial charge in [-0.25, -0.2) is 4.39 Å². The predicted molar refractivity (Wildman–Crippen MR) is 68.2 cm³/mol. The molecule has 0 amide bonds. The highest BCUT2D eigenvalue weighted by molar-refractivity contribution is 6.30. The normalized spacial score (nSPS) is 12.7. The molecule has 1 atom stereocenters. The van der Waals surface area contributed by atoms with E-state index in [-0.39, 0.29) is 5.02 Å². The molecule has 2 rings (SSSR count). The second-order valence-corrected chi connectivity index (χ2v) is 4.53. The minimum atomic E-state index is -0.666. The second kappa shape index (κ2) is 5.55. The Morgan fingerprint density at radius 1 is 1.39 bits per heavy atom. The van der Waals surface area contributed by atoms with Crippen LogP contribution in [0.25, 0.3) is 0 Å².